The second-order valence-electron chi connectivity index (χ2n) is 0.296. The maximum absolute atomic E-state index is 6.68. The lowest BCUT2D eigenvalue weighted by Crippen LogP contribution is -1.41. The van der Waals surface area contributed by atoms with Gasteiger partial charge in [-0.3, -0.25) is 8.15 Å². The molecule has 0 aliphatic heterocycles. The van der Waals surface area contributed by atoms with Gasteiger partial charge in [-0.15, -0.1) is 0 Å². The molecule has 0 aromatic heterocycles. The Kier molecular flexibility index (Phi) is 3.70. The first kappa shape index (κ1) is 3.46. The predicted molar refractivity (Wildman–Crippen MR) is 34.2 cm³/mol. The molecule has 0 N–H and O–H groups in total. The molecular formula is H5BP2S-. The minimum absolute atomic E-state index is 0.181. The first-order valence-corrected chi connectivity index (χ1v) is 4.24. The summed E-state index contributed by atoms with van der Waals surface area (Å²) >= 11 is 3.76. The standard InChI is InChI=1S/BH5P2S/c2-3-1-4/h1,3-4H,2H2/q-1/i1T. The van der Waals surface area contributed by atoms with Crippen LogP contribution < -0.4 is 0 Å². The Labute approximate surface area is 37.9 Å². The van der Waals surface area contributed by atoms with E-state index in [1.54, 1.807) is 0 Å². The summed E-state index contributed by atoms with van der Waals surface area (Å²) in [5.41, 5.74) is 0. The fourth-order valence-corrected chi connectivity index (χ4v) is 0. The van der Waals surface area contributed by atoms with Crippen LogP contribution in [-0.4, -0.2) is 7.58 Å². The van der Waals surface area contributed by atoms with Gasteiger partial charge in [0.25, 0.3) is 0 Å². The lowest BCUT2D eigenvalue weighted by atomic mass is 10.7. The molecule has 0 aliphatic rings. The van der Waals surface area contributed by atoms with Gasteiger partial charge in [-0.05, 0) is 0 Å². The van der Waals surface area contributed by atoms with Gasteiger partial charge in [0.2, 0.25) is 0 Å². The Morgan fingerprint density at radius 3 is 2.75 bits per heavy atom. The third-order valence-corrected chi connectivity index (χ3v) is 2.01. The van der Waals surface area contributed by atoms with Crippen LogP contribution >= 0.6 is 29.6 Å². The molecule has 0 bridgehead atoms. The number of hydrogen-bond acceptors (Lipinski definition) is 1. The van der Waals surface area contributed by atoms with Crippen LogP contribution in [0.1, 0.15) is 0 Å². The Morgan fingerprint density at radius 1 is 2.50 bits per heavy atom. The third-order valence-electron chi connectivity index (χ3n) is 0.0745. The summed E-state index contributed by atoms with van der Waals surface area (Å²) in [7, 11) is 3.02. The van der Waals surface area contributed by atoms with Gasteiger partial charge >= 0.3 is 0 Å². The molecule has 25 valence electrons. The van der Waals surface area contributed by atoms with Gasteiger partial charge in [0.1, 0.15) is 0 Å². The molecule has 0 saturated carbocycles. The van der Waals surface area contributed by atoms with Crippen molar-refractivity contribution in [3.8, 4) is 0 Å². The molecule has 4 heavy (non-hydrogen) atoms. The van der Waals surface area contributed by atoms with Crippen LogP contribution in [0.15, 0.2) is 0 Å². The molecule has 0 amide bonds. The van der Waals surface area contributed by atoms with Gasteiger partial charge < -0.3 is 12.5 Å². The van der Waals surface area contributed by atoms with E-state index < -0.39 is 0 Å². The quantitative estimate of drug-likeness (QED) is 0.287. The summed E-state index contributed by atoms with van der Waals surface area (Å²) in [5, 5.41) is 0. The lowest BCUT2D eigenvalue weighted by Gasteiger charge is -1.83. The number of rotatable bonds is 1. The van der Waals surface area contributed by atoms with Gasteiger partial charge in [-0.1, -0.05) is 6.24 Å². The molecule has 0 saturated heterocycles. The van der Waals surface area contributed by atoms with Crippen LogP contribution in [0.4, 0.5) is 0 Å². The molecule has 0 aromatic carbocycles. The number of thiol groups is 1. The highest BCUT2D eigenvalue weighted by atomic mass is 32.1. The topological polar surface area (TPSA) is 0 Å². The Morgan fingerprint density at radius 2 is 2.75 bits per heavy atom. The normalized spacial score (nSPS) is 15.2. The predicted octanol–water partition coefficient (Wildman–Crippen LogP) is 0.651. The maximum atomic E-state index is 6.68. The first-order chi connectivity index (χ1) is 2.27. The Balaban J connectivity index is 2.54. The third kappa shape index (κ3) is 3.27. The van der Waals surface area contributed by atoms with Gasteiger partial charge in [0.15, 0.2) is 0 Å². The van der Waals surface area contributed by atoms with Crippen LogP contribution in [0.25, 0.3) is 0 Å². The molecule has 2 atom stereocenters. The summed E-state index contributed by atoms with van der Waals surface area (Å²) < 4.78 is 6.68. The van der Waals surface area contributed by atoms with E-state index in [4.69, 9.17) is 1.34 Å². The van der Waals surface area contributed by atoms with E-state index in [1.165, 1.54) is 0 Å². The van der Waals surface area contributed by atoms with Crippen LogP contribution in [0.5, 0.6) is 0 Å². The second kappa shape index (κ2) is 4.27. The van der Waals surface area contributed by atoms with Gasteiger partial charge in [-0.2, -0.15) is 8.93 Å². The molecule has 0 aromatic rings. The van der Waals surface area contributed by atoms with Crippen molar-refractivity contribution >= 4 is 35.8 Å². The van der Waals surface area contributed by atoms with E-state index in [1.807, 2.05) is 0 Å². The zero-order valence-electron chi connectivity index (χ0n) is 3.10. The van der Waals surface area contributed by atoms with E-state index in [-0.39, 0.29) is 6.24 Å². The van der Waals surface area contributed by atoms with Crippen LogP contribution in [0.3, 0.4) is 0 Å². The average molecular weight is 112 g/mol. The van der Waals surface area contributed by atoms with E-state index in [0.717, 1.165) is 0 Å². The molecule has 0 heterocycles. The Hall–Kier alpha value is 1.27. The van der Waals surface area contributed by atoms with Crippen molar-refractivity contribution in [2.75, 3.05) is 0 Å². The molecule has 0 aliphatic carbocycles. The molecule has 2 unspecified atom stereocenters. The molecule has 0 nitrogen and oxygen atoms in total. The van der Waals surface area contributed by atoms with Gasteiger partial charge in [0.05, 0.1) is 0 Å². The highest BCUT2D eigenvalue weighted by Gasteiger charge is 1.42. The molecule has 0 rings (SSSR count). The minimum Gasteiger partial charge on any atom is -0.427 e. The van der Waals surface area contributed by atoms with Crippen molar-refractivity contribution in [1.29, 1.82) is 1.34 Å². The Bertz CT molecular complexity index is 23.6. The van der Waals surface area contributed by atoms with Gasteiger partial charge in [-0.25, -0.2) is 1.34 Å². The van der Waals surface area contributed by atoms with Crippen LogP contribution in [0, 0.1) is 0 Å². The lowest BCUT2D eigenvalue weighted by molar-refractivity contribution is 4.79. The molecular weight excluding hydrogens is 105 g/mol. The second-order valence-corrected chi connectivity index (χ2v) is 2.66. The van der Waals surface area contributed by atoms with Crippen molar-refractivity contribution in [2.24, 2.45) is 0 Å². The zero-order valence-corrected chi connectivity index (χ0v) is 5.15. The summed E-state index contributed by atoms with van der Waals surface area (Å²) in [6.45, 7) is 0. The fourth-order valence-electron chi connectivity index (χ4n) is 0. The van der Waals surface area contributed by atoms with Crippen LogP contribution in [0.2, 0.25) is 0 Å². The van der Waals surface area contributed by atoms with E-state index in [2.05, 4.69) is 21.4 Å². The summed E-state index contributed by atoms with van der Waals surface area (Å²) in [6, 6.07) is 0. The highest BCUT2D eigenvalue weighted by molar-refractivity contribution is 8.37. The summed E-state index contributed by atoms with van der Waals surface area (Å²) in [5.74, 6) is 0. The summed E-state index contributed by atoms with van der Waals surface area (Å²) in [4.78, 5) is 0. The molecule has 1 radical (unpaired) electrons. The largest absolute Gasteiger partial charge is 0.427 e. The SMILES string of the molecule is [3H][B-](S)PP. The van der Waals surface area contributed by atoms with Crippen molar-refractivity contribution in [2.45, 2.75) is 0 Å². The summed E-state index contributed by atoms with van der Waals surface area (Å²) in [6.07, 6.45) is -0.181. The molecule has 4 heteroatoms. The fraction of sp³-hybridized carbons (Fsp3) is 0. The highest BCUT2D eigenvalue weighted by Crippen LogP contribution is 2.16. The van der Waals surface area contributed by atoms with Crippen molar-refractivity contribution in [1.82, 2.24) is 0 Å². The maximum Gasteiger partial charge on any atom is -0.0564 e. The van der Waals surface area contributed by atoms with E-state index in [9.17, 15) is 0 Å². The number of hydrogen-bond donors (Lipinski definition) is 1. The van der Waals surface area contributed by atoms with Crippen molar-refractivity contribution in [3.63, 3.8) is 0 Å². The van der Waals surface area contributed by atoms with E-state index >= 15 is 0 Å². The molecule has 0 spiro atoms. The van der Waals surface area contributed by atoms with Crippen molar-refractivity contribution < 1.29 is 0 Å². The minimum atomic E-state index is -0.181. The van der Waals surface area contributed by atoms with E-state index in [0.29, 0.717) is 8.15 Å². The smallest absolute Gasteiger partial charge is 0.0564 e. The zero-order chi connectivity index (χ0) is 4.28. The van der Waals surface area contributed by atoms with Crippen molar-refractivity contribution in [3.05, 3.63) is 0 Å². The van der Waals surface area contributed by atoms with Gasteiger partial charge in [0, 0.05) is 0 Å². The van der Waals surface area contributed by atoms with Crippen LogP contribution in [-0.2, 0) is 0 Å². The monoisotopic (exact) mass is 112 g/mol. The first-order valence-electron chi connectivity index (χ1n) is 1.41. The average Bonchev–Trinajstić information content (AvgIpc) is 1.38. The molecule has 0 fully saturated rings.